The van der Waals surface area contributed by atoms with E-state index in [1.807, 2.05) is 30.3 Å². The highest BCUT2D eigenvalue weighted by molar-refractivity contribution is 8.14. The van der Waals surface area contributed by atoms with Gasteiger partial charge in [0, 0.05) is 18.2 Å². The Balaban J connectivity index is 2.82. The minimum Gasteiger partial charge on any atom is -0.317 e. The molecule has 1 aromatic carbocycles. The van der Waals surface area contributed by atoms with E-state index in [1.165, 1.54) is 18.7 Å². The Kier molecular flexibility index (Phi) is 5.36. The number of rotatable bonds is 4. The maximum Gasteiger partial charge on any atom is 0.332 e. The second kappa shape index (κ2) is 6.85. The van der Waals surface area contributed by atoms with E-state index >= 15 is 0 Å². The summed E-state index contributed by atoms with van der Waals surface area (Å²) in [5, 5.41) is 4.49. The molecule has 0 aliphatic rings. The molecule has 0 atom stereocenters. The normalized spacial score (nSPS) is 10.9. The van der Waals surface area contributed by atoms with E-state index in [9.17, 15) is 4.79 Å². The number of carbonyl (C=O) groups is 1. The van der Waals surface area contributed by atoms with Crippen molar-refractivity contribution >= 4 is 22.8 Å². The van der Waals surface area contributed by atoms with Crippen molar-refractivity contribution in [1.82, 2.24) is 0 Å². The van der Waals surface area contributed by atoms with Crippen LogP contribution in [0.2, 0.25) is 0 Å². The predicted molar refractivity (Wildman–Crippen MR) is 67.4 cm³/mol. The molecule has 1 aromatic rings. The fourth-order valence-electron chi connectivity index (χ4n) is 0.987. The highest BCUT2D eigenvalue weighted by atomic mass is 32.2. The maximum absolute atomic E-state index is 10.7. The number of carbonyl (C=O) groups excluding carboxylic acids is 1. The van der Waals surface area contributed by atoms with Crippen LogP contribution in [0.15, 0.2) is 48.1 Å². The summed E-state index contributed by atoms with van der Waals surface area (Å²) in [5.41, 5.74) is 0.926. The molecule has 0 heterocycles. The van der Waals surface area contributed by atoms with Gasteiger partial charge in [-0.05, 0) is 0 Å². The predicted octanol–water partition coefficient (Wildman–Crippen LogP) is 2.83. The zero-order chi connectivity index (χ0) is 11.8. The van der Waals surface area contributed by atoms with Crippen molar-refractivity contribution in [3.63, 3.8) is 0 Å². The van der Waals surface area contributed by atoms with E-state index in [-0.39, 0.29) is 0 Å². The molecule has 3 nitrogen and oxygen atoms in total. The third kappa shape index (κ3) is 4.31. The van der Waals surface area contributed by atoms with Crippen molar-refractivity contribution in [2.45, 2.75) is 6.92 Å². The molecule has 0 saturated heterocycles. The van der Waals surface area contributed by atoms with Gasteiger partial charge in [0.05, 0.1) is 0 Å². The zero-order valence-electron chi connectivity index (χ0n) is 9.05. The van der Waals surface area contributed by atoms with Crippen LogP contribution in [0.5, 0.6) is 0 Å². The van der Waals surface area contributed by atoms with Gasteiger partial charge in [-0.15, -0.1) is 6.58 Å². The molecule has 0 amide bonds. The molecular weight excluding hydrogens is 222 g/mol. The fraction of sp³-hybridized carbons (Fsp3) is 0.167. The van der Waals surface area contributed by atoms with Crippen LogP contribution in [0.1, 0.15) is 12.5 Å². The van der Waals surface area contributed by atoms with E-state index in [4.69, 9.17) is 0 Å². The van der Waals surface area contributed by atoms with Crippen molar-refractivity contribution < 1.29 is 9.63 Å². The summed E-state index contributed by atoms with van der Waals surface area (Å²) >= 11 is 1.47. The molecule has 0 N–H and O–H groups in total. The van der Waals surface area contributed by atoms with Crippen LogP contribution < -0.4 is 0 Å². The van der Waals surface area contributed by atoms with Crippen molar-refractivity contribution in [2.75, 3.05) is 5.75 Å². The van der Waals surface area contributed by atoms with Gasteiger partial charge in [0.1, 0.15) is 5.04 Å². The lowest BCUT2D eigenvalue weighted by molar-refractivity contribution is -0.140. The topological polar surface area (TPSA) is 38.7 Å². The Labute approximate surface area is 99.2 Å². The standard InChI is InChI=1S/C12H13NO2S/c1-3-9-16-12(13-15-10(2)14)11-7-5-4-6-8-11/h3-8H,1,9H2,2H3/b13-12-. The van der Waals surface area contributed by atoms with Crippen molar-refractivity contribution in [3.05, 3.63) is 48.6 Å². The number of benzene rings is 1. The Hall–Kier alpha value is -1.55. The molecule has 0 aliphatic heterocycles. The summed E-state index contributed by atoms with van der Waals surface area (Å²) in [5.74, 6) is 0.294. The second-order valence-corrected chi connectivity index (χ2v) is 3.95. The third-order valence-electron chi connectivity index (χ3n) is 1.62. The van der Waals surface area contributed by atoms with Crippen LogP contribution in [0, 0.1) is 0 Å². The van der Waals surface area contributed by atoms with Crippen LogP contribution in [0.3, 0.4) is 0 Å². The average Bonchev–Trinajstić information content (AvgIpc) is 2.30. The van der Waals surface area contributed by atoms with Gasteiger partial charge in [0.2, 0.25) is 0 Å². The van der Waals surface area contributed by atoms with Gasteiger partial charge in [-0.2, -0.15) is 0 Å². The zero-order valence-corrected chi connectivity index (χ0v) is 9.87. The number of hydrogen-bond acceptors (Lipinski definition) is 4. The van der Waals surface area contributed by atoms with Crippen LogP contribution in [-0.2, 0) is 9.63 Å². The van der Waals surface area contributed by atoms with Gasteiger partial charge in [-0.3, -0.25) is 0 Å². The number of hydrogen-bond donors (Lipinski definition) is 0. The van der Waals surface area contributed by atoms with Crippen molar-refractivity contribution in [3.8, 4) is 0 Å². The van der Waals surface area contributed by atoms with E-state index < -0.39 is 5.97 Å². The first-order valence-electron chi connectivity index (χ1n) is 4.78. The number of nitrogens with zero attached hydrogens (tertiary/aromatic N) is 1. The second-order valence-electron chi connectivity index (χ2n) is 2.95. The highest BCUT2D eigenvalue weighted by Gasteiger charge is 2.04. The van der Waals surface area contributed by atoms with Gasteiger partial charge in [-0.1, -0.05) is 53.3 Å². The molecular formula is C12H13NO2S. The van der Waals surface area contributed by atoms with Crippen molar-refractivity contribution in [2.24, 2.45) is 5.16 Å². The van der Waals surface area contributed by atoms with E-state index in [0.29, 0.717) is 5.04 Å². The summed E-state index contributed by atoms with van der Waals surface area (Å²) in [6, 6.07) is 9.57. The molecule has 0 unspecified atom stereocenters. The molecule has 0 aromatic heterocycles. The summed E-state index contributed by atoms with van der Waals surface area (Å²) in [6.45, 7) is 4.96. The minimum absolute atomic E-state index is 0.423. The summed E-state index contributed by atoms with van der Waals surface area (Å²) in [6.07, 6.45) is 1.77. The molecule has 0 fully saturated rings. The van der Waals surface area contributed by atoms with Crippen LogP contribution in [0.4, 0.5) is 0 Å². The smallest absolute Gasteiger partial charge is 0.317 e. The summed E-state index contributed by atoms with van der Waals surface area (Å²) in [7, 11) is 0. The number of oxime groups is 1. The largest absolute Gasteiger partial charge is 0.332 e. The molecule has 0 aliphatic carbocycles. The van der Waals surface area contributed by atoms with Crippen LogP contribution >= 0.6 is 11.8 Å². The molecule has 0 saturated carbocycles. The van der Waals surface area contributed by atoms with Gasteiger partial charge < -0.3 is 4.84 Å². The average molecular weight is 235 g/mol. The van der Waals surface area contributed by atoms with Crippen LogP contribution in [-0.4, -0.2) is 16.8 Å². The van der Waals surface area contributed by atoms with Crippen LogP contribution in [0.25, 0.3) is 0 Å². The lowest BCUT2D eigenvalue weighted by Crippen LogP contribution is -2.00. The Bertz CT molecular complexity index is 387. The van der Waals surface area contributed by atoms with E-state index in [1.54, 1.807) is 6.08 Å². The molecule has 0 radical (unpaired) electrons. The SMILES string of the molecule is C=CCS/C(=N\OC(C)=O)c1ccccc1. The lowest BCUT2D eigenvalue weighted by atomic mass is 10.2. The quantitative estimate of drug-likeness (QED) is 0.265. The lowest BCUT2D eigenvalue weighted by Gasteiger charge is -2.03. The Morgan fingerprint density at radius 2 is 2.19 bits per heavy atom. The minimum atomic E-state index is -0.423. The molecule has 0 spiro atoms. The number of thioether (sulfide) groups is 1. The van der Waals surface area contributed by atoms with Gasteiger partial charge in [0.25, 0.3) is 0 Å². The first-order chi connectivity index (χ1) is 7.74. The summed E-state index contributed by atoms with van der Waals surface area (Å²) < 4.78 is 0. The Morgan fingerprint density at radius 3 is 2.75 bits per heavy atom. The monoisotopic (exact) mass is 235 g/mol. The molecule has 0 bridgehead atoms. The van der Waals surface area contributed by atoms with Gasteiger partial charge in [-0.25, -0.2) is 4.79 Å². The van der Waals surface area contributed by atoms with E-state index in [0.717, 1.165) is 11.3 Å². The maximum atomic E-state index is 10.7. The fourth-order valence-corrected chi connectivity index (χ4v) is 1.66. The molecule has 4 heteroatoms. The molecule has 16 heavy (non-hydrogen) atoms. The van der Waals surface area contributed by atoms with Gasteiger partial charge >= 0.3 is 5.97 Å². The van der Waals surface area contributed by atoms with Gasteiger partial charge in [0.15, 0.2) is 0 Å². The first kappa shape index (κ1) is 12.5. The third-order valence-corrected chi connectivity index (χ3v) is 2.60. The Morgan fingerprint density at radius 1 is 1.50 bits per heavy atom. The summed E-state index contributed by atoms with van der Waals surface area (Å²) in [4.78, 5) is 15.3. The van der Waals surface area contributed by atoms with Crippen molar-refractivity contribution in [1.29, 1.82) is 0 Å². The first-order valence-corrected chi connectivity index (χ1v) is 5.77. The molecule has 84 valence electrons. The molecule has 1 rings (SSSR count). The highest BCUT2D eigenvalue weighted by Crippen LogP contribution is 2.14. The van der Waals surface area contributed by atoms with E-state index in [2.05, 4.69) is 16.6 Å².